The molecule has 7 nitrogen and oxygen atoms in total. The second kappa shape index (κ2) is 9.10. The van der Waals surface area contributed by atoms with Crippen LogP contribution in [0.2, 0.25) is 0 Å². The molecule has 5 aromatic rings. The highest BCUT2D eigenvalue weighted by atomic mass is 16.1. The summed E-state index contributed by atoms with van der Waals surface area (Å²) in [6.45, 7) is 0.926. The molecule has 0 saturated heterocycles. The number of nitrogens with zero attached hydrogens (tertiary/aromatic N) is 5. The zero-order valence-corrected chi connectivity index (χ0v) is 19.2. The maximum atomic E-state index is 13.5. The molecule has 0 atom stereocenters. The topological polar surface area (TPSA) is 85.6 Å². The van der Waals surface area contributed by atoms with Crippen LogP contribution in [0.4, 0.5) is 5.69 Å². The fraction of sp³-hybridized carbons (Fsp3) is 0.179. The second-order valence-corrected chi connectivity index (χ2v) is 8.75. The number of carbonyl (C=O) groups is 1. The number of fused-ring (bicyclic) bond motifs is 2. The Morgan fingerprint density at radius 3 is 2.66 bits per heavy atom. The van der Waals surface area contributed by atoms with E-state index < -0.39 is 0 Å². The molecule has 0 bridgehead atoms. The van der Waals surface area contributed by atoms with Gasteiger partial charge in [0.05, 0.1) is 16.8 Å². The van der Waals surface area contributed by atoms with Crippen molar-refractivity contribution in [2.24, 2.45) is 0 Å². The Balaban J connectivity index is 1.35. The molecule has 0 radical (unpaired) electrons. The standard InChI is InChI=1S/C28H24N6O/c35-28(23-18-25(19-12-14-29-15-13-19)31-24-10-4-3-9-22(23)24)30-21-8-6-7-20(17-21)27-33-32-26-11-2-1-5-16-34(26)27/h3-4,6-10,12-15,17-18H,1-2,5,11,16H2,(H,30,35). The highest BCUT2D eigenvalue weighted by molar-refractivity contribution is 6.13. The molecule has 0 unspecified atom stereocenters. The summed E-state index contributed by atoms with van der Waals surface area (Å²) in [6, 6.07) is 21.1. The SMILES string of the molecule is O=C(Nc1cccc(-c2nnc3n2CCCCC3)c1)c1cc(-c2ccncc2)nc2ccccc12. The molecule has 7 heteroatoms. The highest BCUT2D eigenvalue weighted by Crippen LogP contribution is 2.27. The van der Waals surface area contributed by atoms with Crippen molar-refractivity contribution in [3.8, 4) is 22.6 Å². The van der Waals surface area contributed by atoms with Crippen LogP contribution in [0.1, 0.15) is 35.4 Å². The minimum Gasteiger partial charge on any atom is -0.322 e. The van der Waals surface area contributed by atoms with Gasteiger partial charge in [0.25, 0.3) is 5.91 Å². The number of rotatable bonds is 4. The van der Waals surface area contributed by atoms with Gasteiger partial charge in [0, 0.05) is 47.6 Å². The van der Waals surface area contributed by atoms with E-state index in [9.17, 15) is 4.79 Å². The zero-order valence-electron chi connectivity index (χ0n) is 19.2. The maximum absolute atomic E-state index is 13.5. The maximum Gasteiger partial charge on any atom is 0.256 e. The first-order chi connectivity index (χ1) is 17.3. The van der Waals surface area contributed by atoms with E-state index in [0.717, 1.165) is 65.2 Å². The number of aromatic nitrogens is 5. The lowest BCUT2D eigenvalue weighted by Crippen LogP contribution is -2.13. The number of pyridine rings is 2. The Morgan fingerprint density at radius 1 is 0.857 bits per heavy atom. The number of anilines is 1. The number of para-hydroxylation sites is 1. The summed E-state index contributed by atoms with van der Waals surface area (Å²) in [6.07, 6.45) is 7.89. The molecular formula is C28H24N6O. The molecule has 0 aliphatic carbocycles. The molecular weight excluding hydrogens is 436 g/mol. The largest absolute Gasteiger partial charge is 0.322 e. The van der Waals surface area contributed by atoms with E-state index in [2.05, 4.69) is 25.1 Å². The predicted octanol–water partition coefficient (Wildman–Crippen LogP) is 5.53. The van der Waals surface area contributed by atoms with Crippen molar-refractivity contribution < 1.29 is 4.79 Å². The van der Waals surface area contributed by atoms with Crippen LogP contribution in [-0.4, -0.2) is 30.6 Å². The molecule has 1 aliphatic rings. The van der Waals surface area contributed by atoms with Crippen molar-refractivity contribution in [1.29, 1.82) is 0 Å². The van der Waals surface area contributed by atoms with E-state index in [0.29, 0.717) is 11.3 Å². The number of carbonyl (C=O) groups excluding carboxylic acids is 1. The number of amides is 1. The lowest BCUT2D eigenvalue weighted by molar-refractivity contribution is 0.102. The molecule has 1 aliphatic heterocycles. The van der Waals surface area contributed by atoms with Crippen molar-refractivity contribution in [3.63, 3.8) is 0 Å². The van der Waals surface area contributed by atoms with Crippen molar-refractivity contribution in [3.05, 3.63) is 90.5 Å². The normalized spacial score (nSPS) is 13.3. The first-order valence-electron chi connectivity index (χ1n) is 11.9. The summed E-state index contributed by atoms with van der Waals surface area (Å²) < 4.78 is 2.21. The number of hydrogen-bond donors (Lipinski definition) is 1. The van der Waals surface area contributed by atoms with E-state index in [4.69, 9.17) is 4.98 Å². The first kappa shape index (κ1) is 21.2. The fourth-order valence-electron chi connectivity index (χ4n) is 4.67. The van der Waals surface area contributed by atoms with Crippen LogP contribution >= 0.6 is 0 Å². The Bertz CT molecular complexity index is 1530. The Labute approximate surface area is 202 Å². The third kappa shape index (κ3) is 4.17. The average molecular weight is 461 g/mol. The van der Waals surface area contributed by atoms with Gasteiger partial charge in [-0.3, -0.25) is 9.78 Å². The Morgan fingerprint density at radius 2 is 1.74 bits per heavy atom. The van der Waals surface area contributed by atoms with Gasteiger partial charge >= 0.3 is 0 Å². The molecule has 6 rings (SSSR count). The molecule has 4 heterocycles. The molecule has 2 aromatic carbocycles. The predicted molar refractivity (Wildman–Crippen MR) is 136 cm³/mol. The van der Waals surface area contributed by atoms with Crippen molar-refractivity contribution in [2.45, 2.75) is 32.2 Å². The van der Waals surface area contributed by atoms with Crippen LogP contribution in [0.3, 0.4) is 0 Å². The molecule has 172 valence electrons. The summed E-state index contributed by atoms with van der Waals surface area (Å²) in [4.78, 5) is 22.4. The molecule has 0 spiro atoms. The van der Waals surface area contributed by atoms with Crippen LogP contribution < -0.4 is 5.32 Å². The molecule has 0 fully saturated rings. The fourth-order valence-corrected chi connectivity index (χ4v) is 4.67. The molecule has 1 amide bonds. The van der Waals surface area contributed by atoms with Crippen molar-refractivity contribution in [2.75, 3.05) is 5.32 Å². The van der Waals surface area contributed by atoms with E-state index in [-0.39, 0.29) is 5.91 Å². The van der Waals surface area contributed by atoms with Gasteiger partial charge < -0.3 is 9.88 Å². The summed E-state index contributed by atoms with van der Waals surface area (Å²) in [5.74, 6) is 1.71. The van der Waals surface area contributed by atoms with Gasteiger partial charge in [-0.1, -0.05) is 36.8 Å². The van der Waals surface area contributed by atoms with Gasteiger partial charge in [0.15, 0.2) is 5.82 Å². The monoisotopic (exact) mass is 460 g/mol. The smallest absolute Gasteiger partial charge is 0.256 e. The minimum atomic E-state index is -0.184. The van der Waals surface area contributed by atoms with Gasteiger partial charge in [-0.15, -0.1) is 10.2 Å². The summed E-state index contributed by atoms with van der Waals surface area (Å²) in [7, 11) is 0. The zero-order chi connectivity index (χ0) is 23.6. The summed E-state index contributed by atoms with van der Waals surface area (Å²) >= 11 is 0. The molecule has 1 N–H and O–H groups in total. The molecule has 35 heavy (non-hydrogen) atoms. The van der Waals surface area contributed by atoms with Crippen LogP contribution in [0.15, 0.2) is 79.1 Å². The van der Waals surface area contributed by atoms with E-state index in [1.54, 1.807) is 12.4 Å². The van der Waals surface area contributed by atoms with Gasteiger partial charge in [-0.2, -0.15) is 0 Å². The van der Waals surface area contributed by atoms with Crippen LogP contribution in [0, 0.1) is 0 Å². The quantitative estimate of drug-likeness (QED) is 0.381. The van der Waals surface area contributed by atoms with Gasteiger partial charge in [-0.05, 0) is 49.2 Å². The number of benzene rings is 2. The lowest BCUT2D eigenvalue weighted by atomic mass is 10.0. The molecule has 3 aromatic heterocycles. The van der Waals surface area contributed by atoms with Crippen molar-refractivity contribution in [1.82, 2.24) is 24.7 Å². The van der Waals surface area contributed by atoms with E-state index in [1.165, 1.54) is 6.42 Å². The first-order valence-corrected chi connectivity index (χ1v) is 11.9. The third-order valence-corrected chi connectivity index (χ3v) is 6.43. The van der Waals surface area contributed by atoms with Crippen LogP contribution in [0.5, 0.6) is 0 Å². The summed E-state index contributed by atoms with van der Waals surface area (Å²) in [5.41, 5.74) is 4.65. The number of hydrogen-bond acceptors (Lipinski definition) is 5. The Hall–Kier alpha value is -4.39. The van der Waals surface area contributed by atoms with Gasteiger partial charge in [-0.25, -0.2) is 4.98 Å². The van der Waals surface area contributed by atoms with E-state index >= 15 is 0 Å². The second-order valence-electron chi connectivity index (χ2n) is 8.75. The number of aryl methyl sites for hydroxylation is 1. The van der Waals surface area contributed by atoms with Crippen LogP contribution in [0.25, 0.3) is 33.5 Å². The lowest BCUT2D eigenvalue weighted by Gasteiger charge is -2.12. The minimum absolute atomic E-state index is 0.184. The van der Waals surface area contributed by atoms with Gasteiger partial charge in [0.2, 0.25) is 0 Å². The Kier molecular flexibility index (Phi) is 5.50. The molecule has 0 saturated carbocycles. The summed E-state index contributed by atoms with van der Waals surface area (Å²) in [5, 5.41) is 12.8. The van der Waals surface area contributed by atoms with Crippen molar-refractivity contribution >= 4 is 22.5 Å². The van der Waals surface area contributed by atoms with Crippen LogP contribution in [-0.2, 0) is 13.0 Å². The highest BCUT2D eigenvalue weighted by Gasteiger charge is 2.18. The third-order valence-electron chi connectivity index (χ3n) is 6.43. The van der Waals surface area contributed by atoms with Gasteiger partial charge in [0.1, 0.15) is 5.82 Å². The number of nitrogens with one attached hydrogen (secondary N) is 1. The average Bonchev–Trinajstić information content (AvgIpc) is 3.16. The van der Waals surface area contributed by atoms with E-state index in [1.807, 2.05) is 66.7 Å².